The number of hydrogen-bond donors (Lipinski definition) is 1. The highest BCUT2D eigenvalue weighted by molar-refractivity contribution is 8.14. The second kappa shape index (κ2) is 7.50. The molecule has 0 radical (unpaired) electrons. The summed E-state index contributed by atoms with van der Waals surface area (Å²) in [7, 11) is 0. The molecule has 0 unspecified atom stereocenters. The molecule has 0 atom stereocenters. The summed E-state index contributed by atoms with van der Waals surface area (Å²) in [5.74, 6) is -2.17. The average molecular weight is 397 g/mol. The molecule has 0 spiro atoms. The van der Waals surface area contributed by atoms with Crippen molar-refractivity contribution in [3.63, 3.8) is 0 Å². The van der Waals surface area contributed by atoms with Gasteiger partial charge in [0.2, 0.25) is 5.91 Å². The first-order valence-corrected chi connectivity index (χ1v) is 9.36. The normalized spacial score (nSPS) is 14.2. The standard InChI is InChI=1S/C16H13F2N3O3S2/c1-8-13(14(23)19-5-6-21-11(22)7-25-16(21)24)26-15(20-8)12-9(17)3-2-4-10(12)18/h2-4H,5-7H2,1H3,(H,19,23). The lowest BCUT2D eigenvalue weighted by molar-refractivity contribution is -0.124. The molecule has 1 saturated heterocycles. The van der Waals surface area contributed by atoms with Gasteiger partial charge in [0.05, 0.1) is 17.0 Å². The van der Waals surface area contributed by atoms with Crippen LogP contribution in [0.1, 0.15) is 15.4 Å². The molecule has 1 aromatic carbocycles. The van der Waals surface area contributed by atoms with Crippen molar-refractivity contribution in [2.75, 3.05) is 18.8 Å². The molecule has 0 bridgehead atoms. The van der Waals surface area contributed by atoms with E-state index in [4.69, 9.17) is 0 Å². The van der Waals surface area contributed by atoms with E-state index in [1.165, 1.54) is 6.07 Å². The van der Waals surface area contributed by atoms with Gasteiger partial charge in [-0.2, -0.15) is 0 Å². The second-order valence-electron chi connectivity index (χ2n) is 5.39. The highest BCUT2D eigenvalue weighted by Crippen LogP contribution is 2.31. The number of nitrogens with one attached hydrogen (secondary N) is 1. The summed E-state index contributed by atoms with van der Waals surface area (Å²) in [5, 5.41) is 2.33. The number of aryl methyl sites for hydroxylation is 1. The maximum absolute atomic E-state index is 13.9. The number of halogens is 2. The van der Waals surface area contributed by atoms with E-state index >= 15 is 0 Å². The van der Waals surface area contributed by atoms with Gasteiger partial charge in [0.15, 0.2) is 0 Å². The molecule has 136 valence electrons. The summed E-state index contributed by atoms with van der Waals surface area (Å²) in [6, 6.07) is 3.50. The number of thiazole rings is 1. The smallest absolute Gasteiger partial charge is 0.288 e. The van der Waals surface area contributed by atoms with Gasteiger partial charge in [-0.3, -0.25) is 19.3 Å². The van der Waals surface area contributed by atoms with Gasteiger partial charge in [-0.1, -0.05) is 17.8 Å². The van der Waals surface area contributed by atoms with E-state index in [-0.39, 0.29) is 45.4 Å². The summed E-state index contributed by atoms with van der Waals surface area (Å²) in [5.41, 5.74) is 0.0685. The molecular weight excluding hydrogens is 384 g/mol. The van der Waals surface area contributed by atoms with Crippen LogP contribution in [-0.4, -0.2) is 45.8 Å². The van der Waals surface area contributed by atoms with Crippen molar-refractivity contribution in [2.24, 2.45) is 0 Å². The molecule has 1 aromatic heterocycles. The van der Waals surface area contributed by atoms with Gasteiger partial charge in [0.25, 0.3) is 11.1 Å². The Balaban J connectivity index is 1.70. The number of carbonyl (C=O) groups is 3. The summed E-state index contributed by atoms with van der Waals surface area (Å²) < 4.78 is 27.8. The highest BCUT2D eigenvalue weighted by atomic mass is 32.2. The lowest BCUT2D eigenvalue weighted by atomic mass is 10.2. The molecule has 1 fully saturated rings. The molecule has 26 heavy (non-hydrogen) atoms. The Morgan fingerprint density at radius 2 is 2.00 bits per heavy atom. The number of imide groups is 1. The van der Waals surface area contributed by atoms with Crippen LogP contribution in [0.2, 0.25) is 0 Å². The lowest BCUT2D eigenvalue weighted by Crippen LogP contribution is -2.37. The van der Waals surface area contributed by atoms with E-state index < -0.39 is 17.5 Å². The van der Waals surface area contributed by atoms with Gasteiger partial charge in [0.1, 0.15) is 21.5 Å². The average Bonchev–Trinajstić information content (AvgIpc) is 3.11. The van der Waals surface area contributed by atoms with Crippen LogP contribution >= 0.6 is 23.1 Å². The van der Waals surface area contributed by atoms with Crippen LogP contribution in [0.5, 0.6) is 0 Å². The number of thioether (sulfide) groups is 1. The lowest BCUT2D eigenvalue weighted by Gasteiger charge is -2.12. The predicted molar refractivity (Wildman–Crippen MR) is 94.1 cm³/mol. The van der Waals surface area contributed by atoms with Crippen molar-refractivity contribution >= 4 is 40.2 Å². The SMILES string of the molecule is Cc1nc(-c2c(F)cccc2F)sc1C(=O)NCCN1C(=O)CSC1=O. The Bertz CT molecular complexity index is 865. The zero-order valence-electron chi connectivity index (χ0n) is 13.5. The fourth-order valence-electron chi connectivity index (χ4n) is 2.37. The minimum Gasteiger partial charge on any atom is -0.349 e. The third-order valence-electron chi connectivity index (χ3n) is 3.64. The quantitative estimate of drug-likeness (QED) is 0.839. The van der Waals surface area contributed by atoms with Crippen LogP contribution < -0.4 is 5.32 Å². The summed E-state index contributed by atoms with van der Waals surface area (Å²) in [6.45, 7) is 1.72. The van der Waals surface area contributed by atoms with Gasteiger partial charge >= 0.3 is 0 Å². The second-order valence-corrected chi connectivity index (χ2v) is 7.31. The molecule has 0 saturated carbocycles. The van der Waals surface area contributed by atoms with Gasteiger partial charge < -0.3 is 5.32 Å². The molecule has 10 heteroatoms. The maximum Gasteiger partial charge on any atom is 0.288 e. The summed E-state index contributed by atoms with van der Waals surface area (Å²) >= 11 is 1.80. The van der Waals surface area contributed by atoms with E-state index in [2.05, 4.69) is 10.3 Å². The maximum atomic E-state index is 13.9. The van der Waals surface area contributed by atoms with Crippen molar-refractivity contribution in [3.8, 4) is 10.6 Å². The fraction of sp³-hybridized carbons (Fsp3) is 0.250. The largest absolute Gasteiger partial charge is 0.349 e. The topological polar surface area (TPSA) is 79.4 Å². The number of benzene rings is 1. The van der Waals surface area contributed by atoms with E-state index in [1.807, 2.05) is 0 Å². The van der Waals surface area contributed by atoms with Gasteiger partial charge in [-0.05, 0) is 19.1 Å². The van der Waals surface area contributed by atoms with Crippen LogP contribution in [0.4, 0.5) is 13.6 Å². The molecule has 3 rings (SSSR count). The molecule has 0 aliphatic carbocycles. The van der Waals surface area contributed by atoms with E-state index in [1.54, 1.807) is 6.92 Å². The third kappa shape index (κ3) is 3.61. The molecule has 2 heterocycles. The van der Waals surface area contributed by atoms with E-state index in [0.29, 0.717) is 5.69 Å². The Morgan fingerprint density at radius 3 is 2.62 bits per heavy atom. The Morgan fingerprint density at radius 1 is 1.31 bits per heavy atom. The molecule has 1 aliphatic rings. The molecule has 6 nitrogen and oxygen atoms in total. The van der Waals surface area contributed by atoms with E-state index in [0.717, 1.165) is 40.1 Å². The number of amides is 3. The zero-order valence-corrected chi connectivity index (χ0v) is 15.2. The first kappa shape index (κ1) is 18.5. The Hall–Kier alpha value is -2.33. The van der Waals surface area contributed by atoms with Crippen LogP contribution in [0, 0.1) is 18.6 Å². The van der Waals surface area contributed by atoms with Crippen molar-refractivity contribution in [2.45, 2.75) is 6.92 Å². The first-order valence-electron chi connectivity index (χ1n) is 7.55. The Kier molecular flexibility index (Phi) is 5.33. The molecule has 1 aliphatic heterocycles. The van der Waals surface area contributed by atoms with Gasteiger partial charge in [-0.25, -0.2) is 13.8 Å². The minimum absolute atomic E-state index is 0.0725. The predicted octanol–water partition coefficient (Wildman–Crippen LogP) is 2.82. The van der Waals surface area contributed by atoms with Crippen LogP contribution in [0.25, 0.3) is 10.6 Å². The monoisotopic (exact) mass is 397 g/mol. The Labute approximate surface area is 155 Å². The number of aromatic nitrogens is 1. The van der Waals surface area contributed by atoms with Crippen molar-refractivity contribution in [3.05, 3.63) is 40.4 Å². The van der Waals surface area contributed by atoms with Gasteiger partial charge in [-0.15, -0.1) is 11.3 Å². The zero-order chi connectivity index (χ0) is 18.8. The first-order chi connectivity index (χ1) is 12.4. The van der Waals surface area contributed by atoms with E-state index in [9.17, 15) is 23.2 Å². The number of hydrogen-bond acceptors (Lipinski definition) is 6. The van der Waals surface area contributed by atoms with Gasteiger partial charge in [0, 0.05) is 13.1 Å². The van der Waals surface area contributed by atoms with Crippen molar-refractivity contribution in [1.82, 2.24) is 15.2 Å². The molecule has 1 N–H and O–H groups in total. The molecule has 3 amide bonds. The minimum atomic E-state index is -0.755. The molecular formula is C16H13F2N3O3S2. The number of nitrogens with zero attached hydrogens (tertiary/aromatic N) is 2. The van der Waals surface area contributed by atoms with Crippen LogP contribution in [-0.2, 0) is 4.79 Å². The third-order valence-corrected chi connectivity index (χ3v) is 5.67. The van der Waals surface area contributed by atoms with Crippen LogP contribution in [0.3, 0.4) is 0 Å². The van der Waals surface area contributed by atoms with Crippen molar-refractivity contribution < 1.29 is 23.2 Å². The number of rotatable bonds is 5. The number of carbonyl (C=O) groups excluding carboxylic acids is 3. The summed E-state index contributed by atoms with van der Waals surface area (Å²) in [6.07, 6.45) is 0. The van der Waals surface area contributed by atoms with Crippen molar-refractivity contribution in [1.29, 1.82) is 0 Å². The highest BCUT2D eigenvalue weighted by Gasteiger charge is 2.29. The summed E-state index contributed by atoms with van der Waals surface area (Å²) in [4.78, 5) is 40.7. The van der Waals surface area contributed by atoms with Crippen LogP contribution in [0.15, 0.2) is 18.2 Å². The molecule has 2 aromatic rings. The fourth-order valence-corrected chi connectivity index (χ4v) is 4.16.